The maximum absolute atomic E-state index is 3.54. The molecule has 0 bridgehead atoms. The molecule has 0 saturated heterocycles. The van der Waals surface area contributed by atoms with Crippen molar-refractivity contribution in [1.82, 2.24) is 0 Å². The number of anilines is 1. The SMILES string of the molecule is CC1C=CC2=C(C1)Nc1ccccc1S2. The second kappa shape index (κ2) is 3.46. The van der Waals surface area contributed by atoms with E-state index in [0.29, 0.717) is 5.92 Å². The first kappa shape index (κ1) is 9.10. The van der Waals surface area contributed by atoms with E-state index in [-0.39, 0.29) is 0 Å². The molecule has 0 saturated carbocycles. The molecule has 1 nitrogen and oxygen atoms in total. The van der Waals surface area contributed by atoms with Crippen molar-refractivity contribution in [2.75, 3.05) is 5.32 Å². The van der Waals surface area contributed by atoms with Crippen LogP contribution in [0.15, 0.2) is 51.9 Å². The number of para-hydroxylation sites is 1. The molecule has 1 atom stereocenters. The van der Waals surface area contributed by atoms with Gasteiger partial charge in [0.05, 0.1) is 5.69 Å². The Hall–Kier alpha value is -1.15. The number of hydrogen-bond donors (Lipinski definition) is 1. The Labute approximate surface area is 94.3 Å². The summed E-state index contributed by atoms with van der Waals surface area (Å²) in [6.07, 6.45) is 5.67. The van der Waals surface area contributed by atoms with Crippen molar-refractivity contribution in [3.05, 3.63) is 47.0 Å². The van der Waals surface area contributed by atoms with Gasteiger partial charge in [0.1, 0.15) is 0 Å². The summed E-state index contributed by atoms with van der Waals surface area (Å²) in [5.74, 6) is 0.655. The van der Waals surface area contributed by atoms with Crippen molar-refractivity contribution in [3.63, 3.8) is 0 Å². The van der Waals surface area contributed by atoms with Gasteiger partial charge in [-0.25, -0.2) is 0 Å². The Bertz CT molecular complexity index is 459. The van der Waals surface area contributed by atoms with Crippen molar-refractivity contribution >= 4 is 17.4 Å². The maximum Gasteiger partial charge on any atom is 0.0523 e. The molecule has 1 aliphatic heterocycles. The third kappa shape index (κ3) is 1.59. The van der Waals surface area contributed by atoms with Crippen molar-refractivity contribution in [2.45, 2.75) is 18.2 Å². The molecular weight excluding hydrogens is 202 g/mol. The van der Waals surface area contributed by atoms with Gasteiger partial charge in [0.15, 0.2) is 0 Å². The van der Waals surface area contributed by atoms with Crippen LogP contribution in [-0.4, -0.2) is 0 Å². The highest BCUT2D eigenvalue weighted by Crippen LogP contribution is 2.43. The topological polar surface area (TPSA) is 12.0 Å². The fraction of sp³-hybridized carbons (Fsp3) is 0.231. The average Bonchev–Trinajstić information content (AvgIpc) is 2.26. The summed E-state index contributed by atoms with van der Waals surface area (Å²) in [4.78, 5) is 2.71. The highest BCUT2D eigenvalue weighted by atomic mass is 32.2. The minimum absolute atomic E-state index is 0.655. The van der Waals surface area contributed by atoms with E-state index in [9.17, 15) is 0 Å². The number of fused-ring (bicyclic) bond motifs is 1. The Kier molecular flexibility index (Phi) is 2.10. The van der Waals surface area contributed by atoms with Crippen molar-refractivity contribution in [1.29, 1.82) is 0 Å². The summed E-state index contributed by atoms with van der Waals surface area (Å²) in [6, 6.07) is 8.49. The lowest BCUT2D eigenvalue weighted by Crippen LogP contribution is -2.12. The first-order valence-electron chi connectivity index (χ1n) is 5.28. The normalized spacial score (nSPS) is 23.1. The van der Waals surface area contributed by atoms with Gasteiger partial charge in [-0.05, 0) is 24.5 Å². The summed E-state index contributed by atoms with van der Waals surface area (Å²) in [5.41, 5.74) is 2.64. The zero-order valence-electron chi connectivity index (χ0n) is 8.66. The van der Waals surface area contributed by atoms with E-state index in [2.05, 4.69) is 48.7 Å². The third-order valence-electron chi connectivity index (χ3n) is 2.79. The van der Waals surface area contributed by atoms with Gasteiger partial charge < -0.3 is 5.32 Å². The summed E-state index contributed by atoms with van der Waals surface area (Å²) >= 11 is 1.87. The third-order valence-corrected chi connectivity index (χ3v) is 3.97. The van der Waals surface area contributed by atoms with Crippen LogP contribution in [0.1, 0.15) is 13.3 Å². The molecule has 3 rings (SSSR count). The first-order chi connectivity index (χ1) is 7.33. The molecule has 1 aromatic rings. The monoisotopic (exact) mass is 215 g/mol. The van der Waals surface area contributed by atoms with Gasteiger partial charge in [-0.3, -0.25) is 0 Å². The second-order valence-electron chi connectivity index (χ2n) is 4.11. The van der Waals surface area contributed by atoms with E-state index in [1.54, 1.807) is 0 Å². The molecule has 0 spiro atoms. The van der Waals surface area contributed by atoms with Gasteiger partial charge in [-0.15, -0.1) is 0 Å². The molecule has 1 heterocycles. The summed E-state index contributed by atoms with van der Waals surface area (Å²) < 4.78 is 0. The quantitative estimate of drug-likeness (QED) is 0.701. The molecule has 0 radical (unpaired) electrons. The molecule has 2 aliphatic rings. The van der Waals surface area contributed by atoms with Gasteiger partial charge in [-0.1, -0.05) is 43.0 Å². The van der Waals surface area contributed by atoms with Crippen molar-refractivity contribution in [3.8, 4) is 0 Å². The molecular formula is C13H13NS. The van der Waals surface area contributed by atoms with Crippen molar-refractivity contribution in [2.24, 2.45) is 5.92 Å². The van der Waals surface area contributed by atoms with Crippen LogP contribution in [0.3, 0.4) is 0 Å². The van der Waals surface area contributed by atoms with Gasteiger partial charge in [-0.2, -0.15) is 0 Å². The minimum atomic E-state index is 0.655. The maximum atomic E-state index is 3.54. The molecule has 1 unspecified atom stereocenters. The first-order valence-corrected chi connectivity index (χ1v) is 6.10. The average molecular weight is 215 g/mol. The van der Waals surface area contributed by atoms with E-state index >= 15 is 0 Å². The largest absolute Gasteiger partial charge is 0.357 e. The van der Waals surface area contributed by atoms with Gasteiger partial charge in [0, 0.05) is 15.5 Å². The summed E-state index contributed by atoms with van der Waals surface area (Å²) in [5, 5.41) is 3.54. The Balaban J connectivity index is 1.99. The van der Waals surface area contributed by atoms with Gasteiger partial charge in [0.2, 0.25) is 0 Å². The molecule has 2 heteroatoms. The number of benzene rings is 1. The Morgan fingerprint density at radius 2 is 2.20 bits per heavy atom. The predicted octanol–water partition coefficient (Wildman–Crippen LogP) is 4.01. The zero-order valence-corrected chi connectivity index (χ0v) is 9.47. The minimum Gasteiger partial charge on any atom is -0.357 e. The fourth-order valence-corrected chi connectivity index (χ4v) is 3.01. The molecule has 15 heavy (non-hydrogen) atoms. The molecule has 76 valence electrons. The predicted molar refractivity (Wildman–Crippen MR) is 65.9 cm³/mol. The standard InChI is InChI=1S/C13H13NS/c1-9-6-7-13-11(8-9)14-10-4-2-3-5-12(10)15-13/h2-7,9,14H,8H2,1H3. The zero-order chi connectivity index (χ0) is 10.3. The number of thioether (sulfide) groups is 1. The highest BCUT2D eigenvalue weighted by molar-refractivity contribution is 8.03. The second-order valence-corrected chi connectivity index (χ2v) is 5.19. The number of hydrogen-bond acceptors (Lipinski definition) is 2. The summed E-state index contributed by atoms with van der Waals surface area (Å²) in [6.45, 7) is 2.26. The lowest BCUT2D eigenvalue weighted by Gasteiger charge is -2.26. The number of allylic oxidation sites excluding steroid dienone is 3. The van der Waals surface area contributed by atoms with Crippen LogP contribution in [0.4, 0.5) is 5.69 Å². The smallest absolute Gasteiger partial charge is 0.0523 e. The number of rotatable bonds is 0. The Morgan fingerprint density at radius 3 is 3.13 bits per heavy atom. The fourth-order valence-electron chi connectivity index (χ4n) is 1.99. The lowest BCUT2D eigenvalue weighted by atomic mass is 10.00. The molecule has 1 aromatic carbocycles. The van der Waals surface area contributed by atoms with Crippen LogP contribution < -0.4 is 5.32 Å². The van der Waals surface area contributed by atoms with Crippen LogP contribution in [0.5, 0.6) is 0 Å². The van der Waals surface area contributed by atoms with Crippen LogP contribution in [0, 0.1) is 5.92 Å². The number of nitrogens with one attached hydrogen (secondary N) is 1. The highest BCUT2D eigenvalue weighted by Gasteiger charge is 2.20. The van der Waals surface area contributed by atoms with E-state index in [1.807, 2.05) is 11.8 Å². The molecule has 0 amide bonds. The van der Waals surface area contributed by atoms with Crippen LogP contribution >= 0.6 is 11.8 Å². The molecule has 0 fully saturated rings. The van der Waals surface area contributed by atoms with E-state index in [4.69, 9.17) is 0 Å². The molecule has 1 aliphatic carbocycles. The molecule has 0 aromatic heterocycles. The van der Waals surface area contributed by atoms with Crippen LogP contribution in [-0.2, 0) is 0 Å². The van der Waals surface area contributed by atoms with E-state index in [1.165, 1.54) is 21.2 Å². The Morgan fingerprint density at radius 1 is 1.33 bits per heavy atom. The van der Waals surface area contributed by atoms with Gasteiger partial charge >= 0.3 is 0 Å². The van der Waals surface area contributed by atoms with Crippen molar-refractivity contribution < 1.29 is 0 Å². The van der Waals surface area contributed by atoms with Gasteiger partial charge in [0.25, 0.3) is 0 Å². The van der Waals surface area contributed by atoms with Crippen LogP contribution in [0.2, 0.25) is 0 Å². The molecule has 1 N–H and O–H groups in total. The van der Waals surface area contributed by atoms with E-state index in [0.717, 1.165) is 6.42 Å². The van der Waals surface area contributed by atoms with E-state index < -0.39 is 0 Å². The summed E-state index contributed by atoms with van der Waals surface area (Å²) in [7, 11) is 0. The van der Waals surface area contributed by atoms with Crippen LogP contribution in [0.25, 0.3) is 0 Å². The lowest BCUT2D eigenvalue weighted by molar-refractivity contribution is 0.707.